The first-order valence-corrected chi connectivity index (χ1v) is 6.91. The Labute approximate surface area is 110 Å². The van der Waals surface area contributed by atoms with Crippen LogP contribution in [0.2, 0.25) is 0 Å². The van der Waals surface area contributed by atoms with E-state index in [0.29, 0.717) is 6.54 Å². The number of thiophene rings is 1. The number of hydrogen-bond acceptors (Lipinski definition) is 2. The van der Waals surface area contributed by atoms with Crippen LogP contribution in [0.1, 0.15) is 5.56 Å². The van der Waals surface area contributed by atoms with Crippen molar-refractivity contribution in [3.05, 3.63) is 43.5 Å². The SMILES string of the molecule is NCc1c(-c2ccc(Br)cc2)csc1Br. The zero-order valence-electron chi connectivity index (χ0n) is 7.84. The van der Waals surface area contributed by atoms with Crippen molar-refractivity contribution in [2.75, 3.05) is 0 Å². The Morgan fingerprint density at radius 2 is 1.80 bits per heavy atom. The van der Waals surface area contributed by atoms with Crippen LogP contribution in [0.4, 0.5) is 0 Å². The van der Waals surface area contributed by atoms with Crippen molar-refractivity contribution in [2.24, 2.45) is 5.73 Å². The lowest BCUT2D eigenvalue weighted by Crippen LogP contribution is -1.96. The molecule has 0 bridgehead atoms. The van der Waals surface area contributed by atoms with E-state index in [1.807, 2.05) is 12.1 Å². The van der Waals surface area contributed by atoms with Crippen molar-refractivity contribution in [2.45, 2.75) is 6.54 Å². The summed E-state index contributed by atoms with van der Waals surface area (Å²) in [4.78, 5) is 0. The number of nitrogens with two attached hydrogens (primary N) is 1. The van der Waals surface area contributed by atoms with E-state index in [2.05, 4.69) is 49.4 Å². The van der Waals surface area contributed by atoms with E-state index < -0.39 is 0 Å². The first-order chi connectivity index (χ1) is 7.22. The molecule has 2 N–H and O–H groups in total. The first kappa shape index (κ1) is 11.3. The standard InChI is InChI=1S/C11H9Br2NS/c12-8-3-1-7(2-4-8)10-6-15-11(13)9(10)5-14/h1-4,6H,5,14H2. The van der Waals surface area contributed by atoms with Gasteiger partial charge in [0.25, 0.3) is 0 Å². The van der Waals surface area contributed by atoms with E-state index in [4.69, 9.17) is 5.73 Å². The van der Waals surface area contributed by atoms with Crippen molar-refractivity contribution < 1.29 is 0 Å². The molecular formula is C11H9Br2NS. The largest absolute Gasteiger partial charge is 0.326 e. The highest BCUT2D eigenvalue weighted by atomic mass is 79.9. The van der Waals surface area contributed by atoms with Crippen LogP contribution in [0.3, 0.4) is 0 Å². The number of halogens is 2. The van der Waals surface area contributed by atoms with Crippen LogP contribution in [0.15, 0.2) is 37.9 Å². The highest BCUT2D eigenvalue weighted by molar-refractivity contribution is 9.11. The molecule has 2 aromatic rings. The zero-order valence-corrected chi connectivity index (χ0v) is 11.8. The van der Waals surface area contributed by atoms with Gasteiger partial charge in [0.15, 0.2) is 0 Å². The Morgan fingerprint density at radius 3 is 2.40 bits per heavy atom. The van der Waals surface area contributed by atoms with Crippen molar-refractivity contribution in [1.29, 1.82) is 0 Å². The summed E-state index contributed by atoms with van der Waals surface area (Å²) in [6.07, 6.45) is 0. The molecule has 2 rings (SSSR count). The van der Waals surface area contributed by atoms with Gasteiger partial charge in [-0.1, -0.05) is 28.1 Å². The summed E-state index contributed by atoms with van der Waals surface area (Å²) in [6.45, 7) is 0.565. The average molecular weight is 347 g/mol. The molecule has 0 saturated heterocycles. The van der Waals surface area contributed by atoms with Crippen LogP contribution in [0.25, 0.3) is 11.1 Å². The van der Waals surface area contributed by atoms with Gasteiger partial charge in [0.2, 0.25) is 0 Å². The molecule has 78 valence electrons. The molecule has 0 fully saturated rings. The van der Waals surface area contributed by atoms with Crippen LogP contribution < -0.4 is 5.73 Å². The van der Waals surface area contributed by atoms with Gasteiger partial charge < -0.3 is 5.73 Å². The van der Waals surface area contributed by atoms with Crippen LogP contribution in [0, 0.1) is 0 Å². The second-order valence-electron chi connectivity index (χ2n) is 3.11. The zero-order chi connectivity index (χ0) is 10.8. The summed E-state index contributed by atoms with van der Waals surface area (Å²) >= 11 is 8.63. The average Bonchev–Trinajstić information content (AvgIpc) is 2.61. The van der Waals surface area contributed by atoms with E-state index in [0.717, 1.165) is 8.26 Å². The number of hydrogen-bond donors (Lipinski definition) is 1. The van der Waals surface area contributed by atoms with Gasteiger partial charge in [-0.15, -0.1) is 11.3 Å². The Hall–Kier alpha value is -0.160. The molecule has 0 spiro atoms. The van der Waals surface area contributed by atoms with Crippen molar-refractivity contribution in [3.8, 4) is 11.1 Å². The molecule has 1 aromatic carbocycles. The summed E-state index contributed by atoms with van der Waals surface area (Å²) in [7, 11) is 0. The highest BCUT2D eigenvalue weighted by Gasteiger charge is 2.09. The van der Waals surface area contributed by atoms with E-state index in [1.165, 1.54) is 16.7 Å². The maximum Gasteiger partial charge on any atom is 0.0749 e. The van der Waals surface area contributed by atoms with E-state index in [1.54, 1.807) is 11.3 Å². The molecule has 1 heterocycles. The predicted octanol–water partition coefficient (Wildman–Crippen LogP) is 4.40. The third kappa shape index (κ3) is 2.33. The summed E-state index contributed by atoms with van der Waals surface area (Å²) in [5.74, 6) is 0. The van der Waals surface area contributed by atoms with E-state index in [9.17, 15) is 0 Å². The van der Waals surface area contributed by atoms with Crippen LogP contribution >= 0.6 is 43.2 Å². The van der Waals surface area contributed by atoms with E-state index in [-0.39, 0.29) is 0 Å². The molecule has 0 aliphatic heterocycles. The van der Waals surface area contributed by atoms with Crippen LogP contribution in [-0.4, -0.2) is 0 Å². The lowest BCUT2D eigenvalue weighted by atomic mass is 10.1. The van der Waals surface area contributed by atoms with Gasteiger partial charge in [-0.3, -0.25) is 0 Å². The monoisotopic (exact) mass is 345 g/mol. The Kier molecular flexibility index (Phi) is 3.61. The third-order valence-corrected chi connectivity index (χ3v) is 4.58. The summed E-state index contributed by atoms with van der Waals surface area (Å²) < 4.78 is 2.22. The Balaban J connectivity index is 2.49. The molecule has 0 unspecified atom stereocenters. The van der Waals surface area contributed by atoms with Crippen molar-refractivity contribution in [1.82, 2.24) is 0 Å². The Bertz CT molecular complexity index is 462. The number of rotatable bonds is 2. The van der Waals surface area contributed by atoms with Crippen LogP contribution in [0.5, 0.6) is 0 Å². The summed E-state index contributed by atoms with van der Waals surface area (Å²) in [5, 5.41) is 2.13. The van der Waals surface area contributed by atoms with Gasteiger partial charge in [-0.25, -0.2) is 0 Å². The fourth-order valence-corrected chi connectivity index (χ4v) is 3.18. The fraction of sp³-hybridized carbons (Fsp3) is 0.0909. The molecular weight excluding hydrogens is 338 g/mol. The summed E-state index contributed by atoms with van der Waals surface area (Å²) in [6, 6.07) is 8.28. The van der Waals surface area contributed by atoms with Gasteiger partial charge in [0, 0.05) is 16.4 Å². The second kappa shape index (κ2) is 4.78. The van der Waals surface area contributed by atoms with Crippen molar-refractivity contribution in [3.63, 3.8) is 0 Å². The maximum atomic E-state index is 5.73. The molecule has 0 radical (unpaired) electrons. The number of benzene rings is 1. The first-order valence-electron chi connectivity index (χ1n) is 4.44. The Morgan fingerprint density at radius 1 is 1.13 bits per heavy atom. The maximum absolute atomic E-state index is 5.73. The third-order valence-electron chi connectivity index (χ3n) is 2.20. The molecule has 0 saturated carbocycles. The quantitative estimate of drug-likeness (QED) is 0.856. The molecule has 0 aliphatic carbocycles. The normalized spacial score (nSPS) is 10.6. The smallest absolute Gasteiger partial charge is 0.0749 e. The predicted molar refractivity (Wildman–Crippen MR) is 73.0 cm³/mol. The van der Waals surface area contributed by atoms with Crippen LogP contribution in [-0.2, 0) is 6.54 Å². The molecule has 15 heavy (non-hydrogen) atoms. The highest BCUT2D eigenvalue weighted by Crippen LogP contribution is 2.35. The lowest BCUT2D eigenvalue weighted by Gasteiger charge is -2.02. The molecule has 0 aliphatic rings. The van der Waals surface area contributed by atoms with Gasteiger partial charge >= 0.3 is 0 Å². The minimum Gasteiger partial charge on any atom is -0.326 e. The topological polar surface area (TPSA) is 26.0 Å². The molecule has 4 heteroatoms. The molecule has 0 atom stereocenters. The molecule has 1 aromatic heterocycles. The van der Waals surface area contributed by atoms with Gasteiger partial charge in [0.05, 0.1) is 3.79 Å². The minimum absolute atomic E-state index is 0.565. The fourth-order valence-electron chi connectivity index (χ4n) is 1.42. The van der Waals surface area contributed by atoms with E-state index >= 15 is 0 Å². The minimum atomic E-state index is 0.565. The second-order valence-corrected chi connectivity index (χ2v) is 6.23. The van der Waals surface area contributed by atoms with Gasteiger partial charge in [-0.2, -0.15) is 0 Å². The molecule has 0 amide bonds. The van der Waals surface area contributed by atoms with Gasteiger partial charge in [0.1, 0.15) is 0 Å². The van der Waals surface area contributed by atoms with Gasteiger partial charge in [-0.05, 0) is 44.8 Å². The van der Waals surface area contributed by atoms with Crippen molar-refractivity contribution >= 4 is 43.2 Å². The summed E-state index contributed by atoms with van der Waals surface area (Å²) in [5.41, 5.74) is 9.35. The molecule has 1 nitrogen and oxygen atoms in total. The lowest BCUT2D eigenvalue weighted by molar-refractivity contribution is 1.08.